The third-order valence-electron chi connectivity index (χ3n) is 11.1. The van der Waals surface area contributed by atoms with Gasteiger partial charge in [0.25, 0.3) is 0 Å². The standard InChI is InChI=1S/C49H33N5/c1-53-46-40-24-9-5-20-36(40)34-18-3-7-22-38(34)44(46)51-48(53)32-16-11-14-30(28-32)42-26-13-27-43(50-42)31-15-12-17-33(29-31)49-52-45-39-23-8-4-19-35(39)37-21-6-10-25-41(37)47(45)54(49)2/h3-29H,1-2H3. The molecule has 254 valence electrons. The second-order valence-electron chi connectivity index (χ2n) is 14.1. The van der Waals surface area contributed by atoms with Crippen LogP contribution in [0.5, 0.6) is 0 Å². The van der Waals surface area contributed by atoms with E-state index in [4.69, 9.17) is 15.0 Å². The van der Waals surface area contributed by atoms with Crippen LogP contribution < -0.4 is 0 Å². The fourth-order valence-corrected chi connectivity index (χ4v) is 8.60. The molecule has 0 spiro atoms. The van der Waals surface area contributed by atoms with Crippen molar-refractivity contribution < 1.29 is 0 Å². The molecule has 0 bridgehead atoms. The predicted octanol–water partition coefficient (Wildman–Crippen LogP) is 12.1. The molecule has 0 fully saturated rings. The Bertz CT molecular complexity index is 3090. The molecule has 0 unspecified atom stereocenters. The normalized spacial score (nSPS) is 11.9. The number of fused-ring (bicyclic) bond motifs is 12. The third kappa shape index (κ3) is 4.48. The molecule has 0 aliphatic heterocycles. The number of hydrogen-bond acceptors (Lipinski definition) is 3. The van der Waals surface area contributed by atoms with Crippen LogP contribution in [0.1, 0.15) is 0 Å². The monoisotopic (exact) mass is 691 g/mol. The highest BCUT2D eigenvalue weighted by Crippen LogP contribution is 2.39. The van der Waals surface area contributed by atoms with E-state index in [-0.39, 0.29) is 0 Å². The number of hydrogen-bond donors (Lipinski definition) is 0. The van der Waals surface area contributed by atoms with Crippen molar-refractivity contribution in [2.75, 3.05) is 0 Å². The smallest absolute Gasteiger partial charge is 0.140 e. The lowest BCUT2D eigenvalue weighted by molar-refractivity contribution is 0.962. The second kappa shape index (κ2) is 11.7. The Morgan fingerprint density at radius 2 is 0.648 bits per heavy atom. The van der Waals surface area contributed by atoms with Crippen LogP contribution >= 0.6 is 0 Å². The average Bonchev–Trinajstić information content (AvgIpc) is 3.78. The molecule has 11 aromatic rings. The summed E-state index contributed by atoms with van der Waals surface area (Å²) in [5.74, 6) is 1.86. The first-order valence-electron chi connectivity index (χ1n) is 18.3. The Kier molecular flexibility index (Phi) is 6.61. The molecule has 0 saturated carbocycles. The van der Waals surface area contributed by atoms with Gasteiger partial charge in [0, 0.05) is 57.9 Å². The van der Waals surface area contributed by atoms with E-state index in [2.05, 4.69) is 187 Å². The Balaban J connectivity index is 1.00. The highest BCUT2D eigenvalue weighted by atomic mass is 15.1. The van der Waals surface area contributed by atoms with Crippen LogP contribution in [0.2, 0.25) is 0 Å². The van der Waals surface area contributed by atoms with Crippen molar-refractivity contribution in [1.82, 2.24) is 24.1 Å². The molecule has 0 N–H and O–H groups in total. The zero-order valence-corrected chi connectivity index (χ0v) is 29.8. The van der Waals surface area contributed by atoms with Crippen molar-refractivity contribution in [3.63, 3.8) is 0 Å². The van der Waals surface area contributed by atoms with E-state index in [9.17, 15) is 0 Å². The molecule has 54 heavy (non-hydrogen) atoms. The topological polar surface area (TPSA) is 48.5 Å². The van der Waals surface area contributed by atoms with Crippen LogP contribution in [0.15, 0.2) is 164 Å². The minimum Gasteiger partial charge on any atom is -0.327 e. The maximum Gasteiger partial charge on any atom is 0.140 e. The van der Waals surface area contributed by atoms with E-state index in [1.54, 1.807) is 0 Å². The summed E-state index contributed by atoms with van der Waals surface area (Å²) in [7, 11) is 4.25. The highest BCUT2D eigenvalue weighted by Gasteiger charge is 2.19. The third-order valence-corrected chi connectivity index (χ3v) is 11.1. The molecule has 0 aliphatic carbocycles. The van der Waals surface area contributed by atoms with Gasteiger partial charge in [0.2, 0.25) is 0 Å². The molecule has 0 aliphatic rings. The largest absolute Gasteiger partial charge is 0.327 e. The first kappa shape index (κ1) is 30.5. The van der Waals surface area contributed by atoms with Gasteiger partial charge in [0.05, 0.1) is 33.5 Å². The molecular weight excluding hydrogens is 659 g/mol. The molecule has 11 rings (SSSR count). The minimum atomic E-state index is 0.912. The molecule has 3 heterocycles. The van der Waals surface area contributed by atoms with Gasteiger partial charge in [-0.05, 0) is 45.8 Å². The molecule has 8 aromatic carbocycles. The summed E-state index contributed by atoms with van der Waals surface area (Å²) in [4.78, 5) is 15.8. The van der Waals surface area contributed by atoms with Crippen LogP contribution in [0.3, 0.4) is 0 Å². The van der Waals surface area contributed by atoms with Gasteiger partial charge in [-0.25, -0.2) is 15.0 Å². The summed E-state index contributed by atoms with van der Waals surface area (Å²) in [6.07, 6.45) is 0. The van der Waals surface area contributed by atoms with E-state index in [0.29, 0.717) is 0 Å². The first-order valence-corrected chi connectivity index (χ1v) is 18.3. The van der Waals surface area contributed by atoms with Crippen molar-refractivity contribution in [1.29, 1.82) is 0 Å². The Labute approximate surface area is 311 Å². The van der Waals surface area contributed by atoms with Crippen LogP contribution in [0, 0.1) is 0 Å². The van der Waals surface area contributed by atoms with Crippen molar-refractivity contribution in [2.45, 2.75) is 0 Å². The fraction of sp³-hybridized carbons (Fsp3) is 0.0408. The lowest BCUT2D eigenvalue weighted by Gasteiger charge is -2.10. The second-order valence-corrected chi connectivity index (χ2v) is 14.1. The molecule has 5 nitrogen and oxygen atoms in total. The summed E-state index contributed by atoms with van der Waals surface area (Å²) >= 11 is 0. The molecule has 3 aromatic heterocycles. The van der Waals surface area contributed by atoms with Gasteiger partial charge in [-0.1, -0.05) is 140 Å². The van der Waals surface area contributed by atoms with E-state index in [1.165, 1.54) is 43.1 Å². The van der Waals surface area contributed by atoms with Gasteiger partial charge >= 0.3 is 0 Å². The van der Waals surface area contributed by atoms with Crippen molar-refractivity contribution in [2.24, 2.45) is 14.1 Å². The summed E-state index contributed by atoms with van der Waals surface area (Å²) in [5.41, 5.74) is 10.3. The molecule has 0 saturated heterocycles. The zero-order chi connectivity index (χ0) is 35.9. The van der Waals surface area contributed by atoms with Crippen molar-refractivity contribution >= 4 is 65.2 Å². The number of nitrogens with zero attached hydrogens (tertiary/aromatic N) is 5. The van der Waals surface area contributed by atoms with Gasteiger partial charge in [0.15, 0.2) is 0 Å². The SMILES string of the molecule is Cn1c(-c2cccc(-c3cccc(-c4cccc(-c5nc6c7ccccc7c7ccccc7c6n5C)c4)n3)c2)nc2c3ccccc3c3ccccc3c21. The number of benzene rings is 8. The molecule has 0 amide bonds. The number of imidazole rings is 2. The predicted molar refractivity (Wildman–Crippen MR) is 225 cm³/mol. The van der Waals surface area contributed by atoms with Gasteiger partial charge in [-0.2, -0.15) is 0 Å². The maximum atomic E-state index is 5.29. The maximum absolute atomic E-state index is 5.29. The van der Waals surface area contributed by atoms with Crippen molar-refractivity contribution in [3.05, 3.63) is 164 Å². The average molecular weight is 692 g/mol. The summed E-state index contributed by atoms with van der Waals surface area (Å²) in [6, 6.07) is 57.9. The molecule has 0 atom stereocenters. The van der Waals surface area contributed by atoms with Crippen LogP contribution in [-0.2, 0) is 14.1 Å². The first-order chi connectivity index (χ1) is 26.6. The zero-order valence-electron chi connectivity index (χ0n) is 29.8. The Morgan fingerprint density at radius 3 is 1.07 bits per heavy atom. The van der Waals surface area contributed by atoms with E-state index in [0.717, 1.165) is 67.4 Å². The number of aryl methyl sites for hydroxylation is 2. The van der Waals surface area contributed by atoms with Crippen LogP contribution in [0.4, 0.5) is 0 Å². The molecular formula is C49H33N5. The number of rotatable bonds is 4. The minimum absolute atomic E-state index is 0.912. The lowest BCUT2D eigenvalue weighted by atomic mass is 10.00. The van der Waals surface area contributed by atoms with Gasteiger partial charge in [-0.3, -0.25) is 0 Å². The number of pyridine rings is 1. The van der Waals surface area contributed by atoms with Crippen LogP contribution in [0.25, 0.3) is 110 Å². The van der Waals surface area contributed by atoms with Crippen LogP contribution in [-0.4, -0.2) is 24.1 Å². The van der Waals surface area contributed by atoms with Gasteiger partial charge in [-0.15, -0.1) is 0 Å². The Hall–Kier alpha value is -7.11. The van der Waals surface area contributed by atoms with E-state index < -0.39 is 0 Å². The van der Waals surface area contributed by atoms with Gasteiger partial charge in [0.1, 0.15) is 11.6 Å². The van der Waals surface area contributed by atoms with Crippen molar-refractivity contribution in [3.8, 4) is 45.3 Å². The summed E-state index contributed by atoms with van der Waals surface area (Å²) in [6.45, 7) is 0. The molecule has 0 radical (unpaired) electrons. The molecule has 5 heteroatoms. The van der Waals surface area contributed by atoms with E-state index >= 15 is 0 Å². The van der Waals surface area contributed by atoms with E-state index in [1.807, 2.05) is 0 Å². The summed E-state index contributed by atoms with van der Waals surface area (Å²) in [5, 5.41) is 9.69. The fourth-order valence-electron chi connectivity index (χ4n) is 8.60. The van der Waals surface area contributed by atoms with Gasteiger partial charge < -0.3 is 9.13 Å². The lowest BCUT2D eigenvalue weighted by Crippen LogP contribution is -1.95. The highest BCUT2D eigenvalue weighted by molar-refractivity contribution is 6.25. The summed E-state index contributed by atoms with van der Waals surface area (Å²) < 4.78 is 4.48. The quantitative estimate of drug-likeness (QED) is 0.173. The number of aromatic nitrogens is 5. The Morgan fingerprint density at radius 1 is 0.315 bits per heavy atom.